The van der Waals surface area contributed by atoms with Crippen LogP contribution in [0.3, 0.4) is 0 Å². The van der Waals surface area contributed by atoms with Gasteiger partial charge in [-0.25, -0.2) is 0 Å². The average molecular weight is 256 g/mol. The van der Waals surface area contributed by atoms with Gasteiger partial charge in [0.05, 0.1) is 6.42 Å². The van der Waals surface area contributed by atoms with Gasteiger partial charge < -0.3 is 10.4 Å². The van der Waals surface area contributed by atoms with Crippen LogP contribution in [0.25, 0.3) is 0 Å². The standard InChI is InChI=1S/C15H16N2O2/c18-15(19)9-13-3-1-2-4-14(13)11-17-10-12-5-7-16-8-6-12/h1-8,17H,9-11H2,(H,18,19). The summed E-state index contributed by atoms with van der Waals surface area (Å²) in [5.41, 5.74) is 3.04. The summed E-state index contributed by atoms with van der Waals surface area (Å²) >= 11 is 0. The maximum atomic E-state index is 10.8. The second-order valence-electron chi connectivity index (χ2n) is 4.30. The predicted molar refractivity (Wildman–Crippen MR) is 72.6 cm³/mol. The Hall–Kier alpha value is -2.20. The summed E-state index contributed by atoms with van der Waals surface area (Å²) in [5.74, 6) is -0.804. The summed E-state index contributed by atoms with van der Waals surface area (Å²) in [6, 6.07) is 11.5. The second kappa shape index (κ2) is 6.66. The molecule has 0 saturated heterocycles. The number of nitrogens with zero attached hydrogens (tertiary/aromatic N) is 1. The topological polar surface area (TPSA) is 62.2 Å². The number of aromatic nitrogens is 1. The summed E-state index contributed by atoms with van der Waals surface area (Å²) < 4.78 is 0. The highest BCUT2D eigenvalue weighted by Gasteiger charge is 2.05. The van der Waals surface area contributed by atoms with Crippen LogP contribution in [-0.4, -0.2) is 16.1 Å². The van der Waals surface area contributed by atoms with Gasteiger partial charge >= 0.3 is 5.97 Å². The molecule has 0 radical (unpaired) electrons. The summed E-state index contributed by atoms with van der Waals surface area (Å²) in [5, 5.41) is 12.2. The Labute approximate surface area is 112 Å². The molecule has 0 aliphatic rings. The van der Waals surface area contributed by atoms with E-state index in [1.54, 1.807) is 12.4 Å². The van der Waals surface area contributed by atoms with Crippen LogP contribution < -0.4 is 5.32 Å². The van der Waals surface area contributed by atoms with Crippen molar-refractivity contribution < 1.29 is 9.90 Å². The van der Waals surface area contributed by atoms with Crippen molar-refractivity contribution in [3.8, 4) is 0 Å². The number of rotatable bonds is 6. The highest BCUT2D eigenvalue weighted by Crippen LogP contribution is 2.09. The van der Waals surface area contributed by atoms with Crippen LogP contribution in [-0.2, 0) is 24.3 Å². The Morgan fingerprint density at radius 2 is 1.74 bits per heavy atom. The van der Waals surface area contributed by atoms with Crippen molar-refractivity contribution in [1.29, 1.82) is 0 Å². The van der Waals surface area contributed by atoms with E-state index >= 15 is 0 Å². The fraction of sp³-hybridized carbons (Fsp3) is 0.200. The zero-order valence-corrected chi connectivity index (χ0v) is 10.5. The third-order valence-electron chi connectivity index (χ3n) is 2.85. The Balaban J connectivity index is 1.94. The summed E-state index contributed by atoms with van der Waals surface area (Å²) in [6.07, 6.45) is 3.58. The molecule has 0 fully saturated rings. The molecule has 0 spiro atoms. The van der Waals surface area contributed by atoms with Crippen molar-refractivity contribution in [3.05, 3.63) is 65.5 Å². The van der Waals surface area contributed by atoms with Crippen molar-refractivity contribution in [2.24, 2.45) is 0 Å². The largest absolute Gasteiger partial charge is 0.481 e. The zero-order chi connectivity index (χ0) is 13.5. The van der Waals surface area contributed by atoms with Crippen LogP contribution in [0, 0.1) is 0 Å². The van der Waals surface area contributed by atoms with Crippen LogP contribution in [0.4, 0.5) is 0 Å². The zero-order valence-electron chi connectivity index (χ0n) is 10.5. The van der Waals surface area contributed by atoms with Gasteiger partial charge in [0.2, 0.25) is 0 Å². The Kier molecular flexibility index (Phi) is 4.64. The molecule has 98 valence electrons. The SMILES string of the molecule is O=C(O)Cc1ccccc1CNCc1ccncc1. The number of benzene rings is 1. The van der Waals surface area contributed by atoms with Gasteiger partial charge in [0.15, 0.2) is 0 Å². The molecule has 19 heavy (non-hydrogen) atoms. The van der Waals surface area contributed by atoms with E-state index in [1.165, 1.54) is 0 Å². The Bertz CT molecular complexity index is 541. The molecule has 0 aliphatic carbocycles. The maximum absolute atomic E-state index is 10.8. The minimum atomic E-state index is -0.804. The molecule has 1 aromatic heterocycles. The first-order valence-electron chi connectivity index (χ1n) is 6.14. The smallest absolute Gasteiger partial charge is 0.307 e. The molecular weight excluding hydrogens is 240 g/mol. The first-order valence-corrected chi connectivity index (χ1v) is 6.14. The highest BCUT2D eigenvalue weighted by atomic mass is 16.4. The minimum Gasteiger partial charge on any atom is -0.481 e. The lowest BCUT2D eigenvalue weighted by Crippen LogP contribution is -2.15. The average Bonchev–Trinajstić information content (AvgIpc) is 2.41. The van der Waals surface area contributed by atoms with Gasteiger partial charge in [-0.3, -0.25) is 9.78 Å². The number of aliphatic carboxylic acids is 1. The molecule has 2 aromatic rings. The minimum absolute atomic E-state index is 0.0626. The number of hydrogen-bond acceptors (Lipinski definition) is 3. The molecule has 4 heteroatoms. The molecule has 0 unspecified atom stereocenters. The monoisotopic (exact) mass is 256 g/mol. The van der Waals surface area contributed by atoms with Crippen molar-refractivity contribution >= 4 is 5.97 Å². The van der Waals surface area contributed by atoms with Gasteiger partial charge in [-0.15, -0.1) is 0 Å². The molecule has 2 N–H and O–H groups in total. The number of nitrogens with one attached hydrogen (secondary N) is 1. The molecule has 2 rings (SSSR count). The summed E-state index contributed by atoms with van der Waals surface area (Å²) in [7, 11) is 0. The first kappa shape index (κ1) is 13.2. The van der Waals surface area contributed by atoms with Gasteiger partial charge in [-0.2, -0.15) is 0 Å². The predicted octanol–water partition coefficient (Wildman–Crippen LogP) is 2.00. The fourth-order valence-corrected chi connectivity index (χ4v) is 1.91. The molecular formula is C15H16N2O2. The Morgan fingerprint density at radius 1 is 1.05 bits per heavy atom. The van der Waals surface area contributed by atoms with E-state index in [-0.39, 0.29) is 6.42 Å². The summed E-state index contributed by atoms with van der Waals surface area (Å²) in [6.45, 7) is 1.40. The fourth-order valence-electron chi connectivity index (χ4n) is 1.91. The molecule has 0 bridgehead atoms. The molecule has 1 heterocycles. The number of carboxylic acid groups (broad SMARTS) is 1. The Morgan fingerprint density at radius 3 is 2.42 bits per heavy atom. The van der Waals surface area contributed by atoms with Crippen LogP contribution in [0.5, 0.6) is 0 Å². The lowest BCUT2D eigenvalue weighted by atomic mass is 10.0. The van der Waals surface area contributed by atoms with Crippen LogP contribution in [0.1, 0.15) is 16.7 Å². The summed E-state index contributed by atoms with van der Waals surface area (Å²) in [4.78, 5) is 14.8. The third-order valence-corrected chi connectivity index (χ3v) is 2.85. The highest BCUT2D eigenvalue weighted by molar-refractivity contribution is 5.70. The first-order chi connectivity index (χ1) is 9.25. The molecule has 0 aliphatic heterocycles. The normalized spacial score (nSPS) is 10.3. The van der Waals surface area contributed by atoms with Gasteiger partial charge in [-0.05, 0) is 28.8 Å². The van der Waals surface area contributed by atoms with E-state index in [9.17, 15) is 4.79 Å². The third kappa shape index (κ3) is 4.19. The molecule has 0 saturated carbocycles. The molecule has 0 atom stereocenters. The van der Waals surface area contributed by atoms with E-state index in [2.05, 4.69) is 10.3 Å². The second-order valence-corrected chi connectivity index (χ2v) is 4.30. The van der Waals surface area contributed by atoms with Crippen LogP contribution >= 0.6 is 0 Å². The van der Waals surface area contributed by atoms with Gasteiger partial charge in [0, 0.05) is 25.5 Å². The molecule has 1 aromatic carbocycles. The van der Waals surface area contributed by atoms with E-state index in [4.69, 9.17) is 5.11 Å². The molecule has 4 nitrogen and oxygen atoms in total. The van der Waals surface area contributed by atoms with Crippen molar-refractivity contribution in [2.45, 2.75) is 19.5 Å². The maximum Gasteiger partial charge on any atom is 0.307 e. The van der Waals surface area contributed by atoms with E-state index in [0.717, 1.165) is 23.2 Å². The lowest BCUT2D eigenvalue weighted by molar-refractivity contribution is -0.136. The van der Waals surface area contributed by atoms with Crippen LogP contribution in [0.2, 0.25) is 0 Å². The van der Waals surface area contributed by atoms with Crippen molar-refractivity contribution in [3.63, 3.8) is 0 Å². The number of carbonyl (C=O) groups is 1. The van der Waals surface area contributed by atoms with Crippen molar-refractivity contribution in [1.82, 2.24) is 10.3 Å². The van der Waals surface area contributed by atoms with E-state index in [0.29, 0.717) is 6.54 Å². The quantitative estimate of drug-likeness (QED) is 0.829. The van der Waals surface area contributed by atoms with E-state index in [1.807, 2.05) is 36.4 Å². The number of pyridine rings is 1. The van der Waals surface area contributed by atoms with Crippen LogP contribution in [0.15, 0.2) is 48.8 Å². The van der Waals surface area contributed by atoms with Gasteiger partial charge in [-0.1, -0.05) is 24.3 Å². The van der Waals surface area contributed by atoms with E-state index < -0.39 is 5.97 Å². The van der Waals surface area contributed by atoms with Crippen molar-refractivity contribution in [2.75, 3.05) is 0 Å². The van der Waals surface area contributed by atoms with Gasteiger partial charge in [0.25, 0.3) is 0 Å². The molecule has 0 amide bonds. The number of carboxylic acids is 1. The number of hydrogen-bond donors (Lipinski definition) is 2. The lowest BCUT2D eigenvalue weighted by Gasteiger charge is -2.09. The van der Waals surface area contributed by atoms with Gasteiger partial charge in [0.1, 0.15) is 0 Å².